The summed E-state index contributed by atoms with van der Waals surface area (Å²) in [7, 11) is 0. The van der Waals surface area contributed by atoms with Crippen LogP contribution in [0, 0.1) is 6.92 Å². The SMILES string of the molecule is Cc1cc(NCc2nc3sc4c(c3c(=O)[nH]2)CCC4)ccc1Br. The third-order valence-corrected chi connectivity index (χ3v) is 6.32. The van der Waals surface area contributed by atoms with Crippen molar-refractivity contribution in [3.8, 4) is 0 Å². The van der Waals surface area contributed by atoms with E-state index in [1.165, 1.54) is 16.0 Å². The van der Waals surface area contributed by atoms with E-state index in [9.17, 15) is 4.79 Å². The number of nitrogens with one attached hydrogen (secondary N) is 2. The van der Waals surface area contributed by atoms with Gasteiger partial charge in [0.1, 0.15) is 10.7 Å². The smallest absolute Gasteiger partial charge is 0.259 e. The molecule has 2 N–H and O–H groups in total. The number of aryl methyl sites for hydroxylation is 3. The molecule has 0 amide bonds. The minimum Gasteiger partial charge on any atom is -0.378 e. The lowest BCUT2D eigenvalue weighted by Crippen LogP contribution is -2.14. The van der Waals surface area contributed by atoms with Crippen LogP contribution in [0.15, 0.2) is 27.5 Å². The predicted octanol–water partition coefficient (Wildman–Crippen LogP) is 4.16. The first-order valence-corrected chi connectivity index (χ1v) is 9.26. The zero-order valence-corrected chi connectivity index (χ0v) is 15.1. The summed E-state index contributed by atoms with van der Waals surface area (Å²) in [6.45, 7) is 2.56. The van der Waals surface area contributed by atoms with Gasteiger partial charge in [-0.05, 0) is 55.5 Å². The molecule has 1 aliphatic rings. The van der Waals surface area contributed by atoms with Crippen LogP contribution in [-0.2, 0) is 19.4 Å². The number of halogens is 1. The first-order valence-electron chi connectivity index (χ1n) is 7.65. The molecule has 0 radical (unpaired) electrons. The number of fused-ring (bicyclic) bond motifs is 3. The first kappa shape index (κ1) is 14.9. The summed E-state index contributed by atoms with van der Waals surface area (Å²) in [5.74, 6) is 0.683. The van der Waals surface area contributed by atoms with Gasteiger partial charge in [-0.1, -0.05) is 15.9 Å². The highest BCUT2D eigenvalue weighted by molar-refractivity contribution is 9.10. The fourth-order valence-corrected chi connectivity index (χ4v) is 4.60. The second-order valence-corrected chi connectivity index (χ2v) is 7.81. The molecule has 0 unspecified atom stereocenters. The van der Waals surface area contributed by atoms with Gasteiger partial charge in [0, 0.05) is 15.0 Å². The molecule has 4 nitrogen and oxygen atoms in total. The van der Waals surface area contributed by atoms with E-state index >= 15 is 0 Å². The van der Waals surface area contributed by atoms with Crippen LogP contribution >= 0.6 is 27.3 Å². The summed E-state index contributed by atoms with van der Waals surface area (Å²) < 4.78 is 1.09. The van der Waals surface area contributed by atoms with Gasteiger partial charge in [-0.25, -0.2) is 4.98 Å². The Kier molecular flexibility index (Phi) is 3.73. The van der Waals surface area contributed by atoms with Gasteiger partial charge in [0.15, 0.2) is 0 Å². The van der Waals surface area contributed by atoms with Crippen molar-refractivity contribution in [2.75, 3.05) is 5.32 Å². The minimum atomic E-state index is -0.00168. The summed E-state index contributed by atoms with van der Waals surface area (Å²) in [4.78, 5) is 22.2. The maximum Gasteiger partial charge on any atom is 0.259 e. The molecule has 118 valence electrons. The minimum absolute atomic E-state index is 0.00168. The fourth-order valence-electron chi connectivity index (χ4n) is 3.07. The molecule has 23 heavy (non-hydrogen) atoms. The van der Waals surface area contributed by atoms with Crippen molar-refractivity contribution in [2.45, 2.75) is 32.7 Å². The number of benzene rings is 1. The Balaban J connectivity index is 1.62. The lowest BCUT2D eigenvalue weighted by molar-refractivity contribution is 0.913. The second kappa shape index (κ2) is 5.76. The van der Waals surface area contributed by atoms with Crippen molar-refractivity contribution < 1.29 is 0 Å². The summed E-state index contributed by atoms with van der Waals surface area (Å²) in [6, 6.07) is 6.09. The van der Waals surface area contributed by atoms with Crippen LogP contribution in [-0.4, -0.2) is 9.97 Å². The van der Waals surface area contributed by atoms with Gasteiger partial charge in [0.2, 0.25) is 0 Å². The molecule has 0 saturated carbocycles. The molecule has 0 bridgehead atoms. The van der Waals surface area contributed by atoms with Crippen molar-refractivity contribution in [1.82, 2.24) is 9.97 Å². The highest BCUT2D eigenvalue weighted by atomic mass is 79.9. The standard InChI is InChI=1S/C17H16BrN3OS/c1-9-7-10(5-6-12(9)18)19-8-14-20-16(22)15-11-3-2-4-13(11)23-17(15)21-14/h5-7,19H,2-4,8H2,1H3,(H,20,21,22). The Morgan fingerprint density at radius 1 is 1.39 bits per heavy atom. The molecule has 0 fully saturated rings. The summed E-state index contributed by atoms with van der Waals surface area (Å²) in [5, 5.41) is 4.13. The van der Waals surface area contributed by atoms with Gasteiger partial charge in [-0.2, -0.15) is 0 Å². The van der Waals surface area contributed by atoms with Gasteiger partial charge < -0.3 is 10.3 Å². The van der Waals surface area contributed by atoms with Gasteiger partial charge in [0.05, 0.1) is 11.9 Å². The van der Waals surface area contributed by atoms with E-state index in [4.69, 9.17) is 0 Å². The van der Waals surface area contributed by atoms with Gasteiger partial charge in [-0.3, -0.25) is 4.79 Å². The maximum absolute atomic E-state index is 12.4. The second-order valence-electron chi connectivity index (χ2n) is 5.87. The van der Waals surface area contributed by atoms with Crippen LogP contribution in [0.25, 0.3) is 10.2 Å². The normalized spacial score (nSPS) is 13.5. The van der Waals surface area contributed by atoms with Crippen LogP contribution < -0.4 is 10.9 Å². The lowest BCUT2D eigenvalue weighted by Gasteiger charge is -2.08. The summed E-state index contributed by atoms with van der Waals surface area (Å²) >= 11 is 5.17. The molecule has 6 heteroatoms. The molecule has 3 aromatic rings. The fraction of sp³-hybridized carbons (Fsp3) is 0.294. The van der Waals surface area contributed by atoms with Gasteiger partial charge in [-0.15, -0.1) is 11.3 Å². The Morgan fingerprint density at radius 2 is 2.26 bits per heavy atom. The number of hydrogen-bond donors (Lipinski definition) is 2. The number of nitrogens with zero attached hydrogens (tertiary/aromatic N) is 1. The highest BCUT2D eigenvalue weighted by Gasteiger charge is 2.20. The zero-order valence-electron chi connectivity index (χ0n) is 12.7. The van der Waals surface area contributed by atoms with Crippen molar-refractivity contribution in [1.29, 1.82) is 0 Å². The topological polar surface area (TPSA) is 57.8 Å². The highest BCUT2D eigenvalue weighted by Crippen LogP contribution is 2.34. The van der Waals surface area contributed by atoms with Crippen LogP contribution in [0.5, 0.6) is 0 Å². The molecule has 4 rings (SSSR count). The molecular weight excluding hydrogens is 374 g/mol. The molecule has 0 aliphatic heterocycles. The van der Waals surface area contributed by atoms with Crippen LogP contribution in [0.2, 0.25) is 0 Å². The van der Waals surface area contributed by atoms with E-state index in [2.05, 4.69) is 44.2 Å². The number of anilines is 1. The zero-order chi connectivity index (χ0) is 16.0. The number of aromatic nitrogens is 2. The van der Waals surface area contributed by atoms with E-state index in [0.29, 0.717) is 12.4 Å². The van der Waals surface area contributed by atoms with Gasteiger partial charge >= 0.3 is 0 Å². The van der Waals surface area contributed by atoms with Crippen LogP contribution in [0.4, 0.5) is 5.69 Å². The molecule has 0 saturated heterocycles. The third kappa shape index (κ3) is 2.70. The quantitative estimate of drug-likeness (QED) is 0.706. The maximum atomic E-state index is 12.4. The molecule has 0 spiro atoms. The van der Waals surface area contributed by atoms with Crippen molar-refractivity contribution >= 4 is 43.2 Å². The molecule has 2 aromatic heterocycles. The number of rotatable bonds is 3. The number of H-pyrrole nitrogens is 1. The number of aromatic amines is 1. The monoisotopic (exact) mass is 389 g/mol. The Bertz CT molecular complexity index is 960. The van der Waals surface area contributed by atoms with Crippen molar-refractivity contribution in [3.63, 3.8) is 0 Å². The largest absolute Gasteiger partial charge is 0.378 e. The van der Waals surface area contributed by atoms with Crippen molar-refractivity contribution in [3.05, 3.63) is 54.9 Å². The van der Waals surface area contributed by atoms with E-state index in [0.717, 1.165) is 39.6 Å². The van der Waals surface area contributed by atoms with Crippen LogP contribution in [0.1, 0.15) is 28.2 Å². The first-order chi connectivity index (χ1) is 11.1. The Hall–Kier alpha value is -1.66. The van der Waals surface area contributed by atoms with E-state index in [1.54, 1.807) is 11.3 Å². The van der Waals surface area contributed by atoms with Crippen LogP contribution in [0.3, 0.4) is 0 Å². The molecule has 1 aromatic carbocycles. The molecular formula is C17H16BrN3OS. The van der Waals surface area contributed by atoms with E-state index in [-0.39, 0.29) is 5.56 Å². The average Bonchev–Trinajstić information content (AvgIpc) is 3.08. The molecule has 0 atom stereocenters. The Morgan fingerprint density at radius 3 is 3.09 bits per heavy atom. The molecule has 1 aliphatic carbocycles. The number of thiophene rings is 1. The molecule has 2 heterocycles. The Labute approximate surface area is 146 Å². The summed E-state index contributed by atoms with van der Waals surface area (Å²) in [5.41, 5.74) is 3.41. The lowest BCUT2D eigenvalue weighted by atomic mass is 10.2. The predicted molar refractivity (Wildman–Crippen MR) is 98.5 cm³/mol. The van der Waals surface area contributed by atoms with Crippen molar-refractivity contribution in [2.24, 2.45) is 0 Å². The van der Waals surface area contributed by atoms with Gasteiger partial charge in [0.25, 0.3) is 5.56 Å². The third-order valence-electron chi connectivity index (χ3n) is 4.24. The number of hydrogen-bond acceptors (Lipinski definition) is 4. The van der Waals surface area contributed by atoms with E-state index in [1.807, 2.05) is 12.1 Å². The van der Waals surface area contributed by atoms with E-state index < -0.39 is 0 Å². The summed E-state index contributed by atoms with van der Waals surface area (Å²) in [6.07, 6.45) is 3.25. The average molecular weight is 390 g/mol.